The maximum absolute atomic E-state index is 13.1. The number of imidazole rings is 1. The first-order chi connectivity index (χ1) is 15.0. The van der Waals surface area contributed by atoms with Crippen LogP contribution in [0.2, 0.25) is 5.15 Å². The Bertz CT molecular complexity index is 1410. The number of nitrogens with one attached hydrogen (secondary N) is 2. The molecule has 0 saturated carbocycles. The first-order valence-electron chi connectivity index (χ1n) is 8.72. The van der Waals surface area contributed by atoms with Gasteiger partial charge in [0.2, 0.25) is 11.8 Å². The number of fused-ring (bicyclic) bond motifs is 1. The van der Waals surface area contributed by atoms with Gasteiger partial charge in [0, 0.05) is 6.07 Å². The first kappa shape index (κ1) is 23.5. The summed E-state index contributed by atoms with van der Waals surface area (Å²) in [7, 11) is -6.18. The molecule has 172 valence electrons. The Hall–Kier alpha value is -3.17. The molecule has 32 heavy (non-hydrogen) atoms. The quantitative estimate of drug-likeness (QED) is 0.444. The van der Waals surface area contributed by atoms with Crippen molar-refractivity contribution in [3.8, 4) is 11.6 Å². The summed E-state index contributed by atoms with van der Waals surface area (Å²) in [6.07, 6.45) is 1.23. The van der Waals surface area contributed by atoms with E-state index in [1.807, 2.05) is 0 Å². The lowest BCUT2D eigenvalue weighted by Crippen LogP contribution is -2.36. The van der Waals surface area contributed by atoms with Crippen LogP contribution in [0.1, 0.15) is 6.92 Å². The molecule has 0 fully saturated rings. The lowest BCUT2D eigenvalue weighted by atomic mass is 10.4. The van der Waals surface area contributed by atoms with Crippen LogP contribution in [-0.4, -0.2) is 62.2 Å². The minimum atomic E-state index is -4.75. The van der Waals surface area contributed by atoms with Gasteiger partial charge in [-0.1, -0.05) is 18.5 Å². The van der Waals surface area contributed by atoms with Gasteiger partial charge in [-0.2, -0.15) is 13.4 Å². The number of methoxy groups -OCH3 is 2. The summed E-state index contributed by atoms with van der Waals surface area (Å²) >= 11 is 5.80. The molecule has 16 heteroatoms. The van der Waals surface area contributed by atoms with Crippen molar-refractivity contribution in [1.82, 2.24) is 24.1 Å². The second kappa shape index (κ2) is 8.76. The van der Waals surface area contributed by atoms with E-state index in [9.17, 15) is 21.6 Å². The number of carbonyl (C=O) groups excluding carboxylic acids is 1. The van der Waals surface area contributed by atoms with Crippen LogP contribution in [0.25, 0.3) is 5.65 Å². The van der Waals surface area contributed by atoms with Gasteiger partial charge in [0.1, 0.15) is 16.5 Å². The molecule has 0 saturated heterocycles. The van der Waals surface area contributed by atoms with Gasteiger partial charge in [-0.05, 0) is 12.1 Å². The number of carbonyl (C=O) groups is 1. The number of hydrogen-bond donors (Lipinski definition) is 2. The summed E-state index contributed by atoms with van der Waals surface area (Å²) < 4.78 is 63.8. The predicted molar refractivity (Wildman–Crippen MR) is 112 cm³/mol. The van der Waals surface area contributed by atoms with Gasteiger partial charge in [-0.25, -0.2) is 27.9 Å². The molecule has 3 aromatic heterocycles. The second-order valence-corrected chi connectivity index (χ2v) is 10.2. The fourth-order valence-electron chi connectivity index (χ4n) is 2.54. The number of sulfonamides is 1. The van der Waals surface area contributed by atoms with Crippen molar-refractivity contribution in [3.05, 3.63) is 29.5 Å². The highest BCUT2D eigenvalue weighted by atomic mass is 35.5. The maximum Gasteiger partial charge on any atom is 0.335 e. The number of sulfone groups is 1. The van der Waals surface area contributed by atoms with E-state index in [0.717, 1.165) is 4.40 Å². The lowest BCUT2D eigenvalue weighted by Gasteiger charge is -2.10. The standard InChI is InChI=1S/C16H17ClN6O7S2/c1-4-31(25,26)13-14(23-8-9(29-2)5-6-11(23)19-13)32(27,28)22-16(24)21-15-18-10(17)7-12(20-15)30-3/h5-8H,4H2,1-3H3,(H2,18,20,21,22,24). The maximum atomic E-state index is 13.1. The van der Waals surface area contributed by atoms with Crippen molar-refractivity contribution in [1.29, 1.82) is 0 Å². The van der Waals surface area contributed by atoms with E-state index < -0.39 is 41.7 Å². The van der Waals surface area contributed by atoms with Crippen molar-refractivity contribution in [3.63, 3.8) is 0 Å². The smallest absolute Gasteiger partial charge is 0.335 e. The van der Waals surface area contributed by atoms with Crippen molar-refractivity contribution in [2.45, 2.75) is 17.0 Å². The van der Waals surface area contributed by atoms with Crippen LogP contribution in [0.3, 0.4) is 0 Å². The Balaban J connectivity index is 2.05. The molecule has 0 spiro atoms. The molecule has 0 aliphatic heterocycles. The number of amides is 2. The van der Waals surface area contributed by atoms with Gasteiger partial charge in [-0.3, -0.25) is 9.72 Å². The minimum Gasteiger partial charge on any atom is -0.495 e. The van der Waals surface area contributed by atoms with Crippen LogP contribution < -0.4 is 19.5 Å². The number of ether oxygens (including phenoxy) is 2. The number of urea groups is 1. The van der Waals surface area contributed by atoms with Crippen LogP contribution in [0.15, 0.2) is 34.4 Å². The van der Waals surface area contributed by atoms with Crippen LogP contribution in [0.4, 0.5) is 10.7 Å². The van der Waals surface area contributed by atoms with Gasteiger partial charge in [0.25, 0.3) is 10.0 Å². The highest BCUT2D eigenvalue weighted by Gasteiger charge is 2.33. The fourth-order valence-corrected chi connectivity index (χ4v) is 5.37. The molecule has 0 radical (unpaired) electrons. The van der Waals surface area contributed by atoms with E-state index >= 15 is 0 Å². The summed E-state index contributed by atoms with van der Waals surface area (Å²) in [5, 5.41) is 0.559. The van der Waals surface area contributed by atoms with Crippen LogP contribution in [0.5, 0.6) is 11.6 Å². The van der Waals surface area contributed by atoms with Crippen molar-refractivity contribution < 1.29 is 31.1 Å². The zero-order valence-electron chi connectivity index (χ0n) is 16.9. The minimum absolute atomic E-state index is 0.0153. The monoisotopic (exact) mass is 504 g/mol. The molecular weight excluding hydrogens is 488 g/mol. The number of anilines is 1. The van der Waals surface area contributed by atoms with Crippen LogP contribution in [-0.2, 0) is 19.9 Å². The Morgan fingerprint density at radius 2 is 1.84 bits per heavy atom. The summed E-state index contributed by atoms with van der Waals surface area (Å²) in [5.74, 6) is -0.508. The summed E-state index contributed by atoms with van der Waals surface area (Å²) in [5.41, 5.74) is 0.0153. The second-order valence-electron chi connectivity index (χ2n) is 6.04. The summed E-state index contributed by atoms with van der Waals surface area (Å²) in [6.45, 7) is 1.33. The SMILES string of the molecule is CCS(=O)(=O)c1nc2ccc(OC)cn2c1S(=O)(=O)NC(=O)Nc1nc(Cl)cc(OC)n1. The molecule has 3 aromatic rings. The number of aromatic nitrogens is 4. The normalized spacial score (nSPS) is 11.9. The van der Waals surface area contributed by atoms with Gasteiger partial charge in [0.05, 0.1) is 26.2 Å². The number of hydrogen-bond acceptors (Lipinski definition) is 10. The van der Waals surface area contributed by atoms with Gasteiger partial charge < -0.3 is 9.47 Å². The van der Waals surface area contributed by atoms with Gasteiger partial charge in [-0.15, -0.1) is 0 Å². The largest absolute Gasteiger partial charge is 0.495 e. The molecule has 2 amide bonds. The Labute approximate surface area is 187 Å². The lowest BCUT2D eigenvalue weighted by molar-refractivity contribution is 0.256. The molecule has 0 aromatic carbocycles. The third-order valence-electron chi connectivity index (χ3n) is 4.02. The molecule has 3 heterocycles. The van der Waals surface area contributed by atoms with Crippen molar-refractivity contribution in [2.75, 3.05) is 25.3 Å². The first-order valence-corrected chi connectivity index (χ1v) is 12.2. The van der Waals surface area contributed by atoms with E-state index in [1.54, 1.807) is 4.72 Å². The Morgan fingerprint density at radius 1 is 1.12 bits per heavy atom. The summed E-state index contributed by atoms with van der Waals surface area (Å²) in [6, 6.07) is 2.85. The third-order valence-corrected chi connectivity index (χ3v) is 7.33. The Kier molecular flexibility index (Phi) is 6.43. The molecule has 13 nitrogen and oxygen atoms in total. The number of nitrogens with zero attached hydrogens (tertiary/aromatic N) is 4. The van der Waals surface area contributed by atoms with E-state index in [-0.39, 0.29) is 28.4 Å². The van der Waals surface area contributed by atoms with Crippen LogP contribution in [0, 0.1) is 0 Å². The molecule has 0 aliphatic carbocycles. The van der Waals surface area contributed by atoms with E-state index in [4.69, 9.17) is 21.1 Å². The highest BCUT2D eigenvalue weighted by Crippen LogP contribution is 2.26. The average Bonchev–Trinajstić information content (AvgIpc) is 3.13. The van der Waals surface area contributed by atoms with Gasteiger partial charge in [0.15, 0.2) is 19.9 Å². The number of pyridine rings is 1. The molecule has 0 aliphatic rings. The topological polar surface area (TPSA) is 171 Å². The number of rotatable bonds is 7. The zero-order chi connectivity index (χ0) is 23.7. The fraction of sp³-hybridized carbons (Fsp3) is 0.250. The van der Waals surface area contributed by atoms with E-state index in [2.05, 4.69) is 20.3 Å². The van der Waals surface area contributed by atoms with Crippen molar-refractivity contribution in [2.24, 2.45) is 0 Å². The zero-order valence-corrected chi connectivity index (χ0v) is 19.2. The molecule has 2 N–H and O–H groups in total. The molecular formula is C16H17ClN6O7S2. The molecule has 0 unspecified atom stereocenters. The highest BCUT2D eigenvalue weighted by molar-refractivity contribution is 7.93. The molecule has 3 rings (SSSR count). The molecule has 0 bridgehead atoms. The van der Waals surface area contributed by atoms with Gasteiger partial charge >= 0.3 is 6.03 Å². The van der Waals surface area contributed by atoms with E-state index in [0.29, 0.717) is 0 Å². The Morgan fingerprint density at radius 3 is 2.47 bits per heavy atom. The van der Waals surface area contributed by atoms with E-state index in [1.165, 1.54) is 45.5 Å². The van der Waals surface area contributed by atoms with Crippen molar-refractivity contribution >= 4 is 49.1 Å². The summed E-state index contributed by atoms with van der Waals surface area (Å²) in [4.78, 5) is 23.8. The predicted octanol–water partition coefficient (Wildman–Crippen LogP) is 1.10. The molecule has 0 atom stereocenters. The van der Waals surface area contributed by atoms with Crippen LogP contribution >= 0.6 is 11.6 Å². The third kappa shape index (κ3) is 4.68. The average molecular weight is 505 g/mol. The number of halogens is 1.